The maximum atomic E-state index is 9.45. The van der Waals surface area contributed by atoms with Crippen LogP contribution in [-0.2, 0) is 49.8 Å². The summed E-state index contributed by atoms with van der Waals surface area (Å²) in [7, 11) is 0. The van der Waals surface area contributed by atoms with Crippen molar-refractivity contribution in [2.45, 2.75) is 78.2 Å². The molecule has 0 radical (unpaired) electrons. The summed E-state index contributed by atoms with van der Waals surface area (Å²) in [6.45, 7) is 7.18. The fourth-order valence-electron chi connectivity index (χ4n) is 0. The van der Waals surface area contributed by atoms with E-state index in [9.17, 15) is 28.8 Å². The predicted molar refractivity (Wildman–Crippen MR) is 116 cm³/mol. The molecule has 0 unspecified atom stereocenters. The van der Waals surface area contributed by atoms with E-state index in [-0.39, 0.29) is 21.1 Å². The van der Waals surface area contributed by atoms with Gasteiger partial charge in [-0.2, -0.15) is 0 Å². The Hall–Kier alpha value is -2.73. The van der Waals surface area contributed by atoms with Crippen LogP contribution < -0.4 is 0 Å². The van der Waals surface area contributed by atoms with Gasteiger partial charge in [-0.05, 0) is 41.5 Å². The van der Waals surface area contributed by atoms with E-state index in [0.29, 0.717) is 0 Å². The zero-order valence-electron chi connectivity index (χ0n) is 20.7. The maximum Gasteiger partial charge on any atom is 0.332 e. The Morgan fingerprint density at radius 1 is 0.324 bits per heavy atom. The molecule has 0 saturated carbocycles. The zero-order chi connectivity index (χ0) is 30.9. The van der Waals surface area contributed by atoms with Gasteiger partial charge < -0.3 is 61.3 Å². The molecule has 0 spiro atoms. The first-order valence-corrected chi connectivity index (χ1v) is 9.31. The Kier molecular flexibility index (Phi) is 43.1. The summed E-state index contributed by atoms with van der Waals surface area (Å²) in [5, 5.41) is 94.6. The largest absolute Gasteiger partial charge is 0.479 e. The van der Waals surface area contributed by atoms with Crippen LogP contribution in [0.3, 0.4) is 0 Å². The molecule has 6 atom stereocenters. The Morgan fingerprint density at radius 2 is 0.351 bits per heavy atom. The second-order valence-corrected chi connectivity index (χ2v) is 6.09. The summed E-state index contributed by atoms with van der Waals surface area (Å²) in [4.78, 5) is 56.7. The van der Waals surface area contributed by atoms with E-state index < -0.39 is 72.4 Å². The van der Waals surface area contributed by atoms with Gasteiger partial charge in [0.1, 0.15) is 36.6 Å². The predicted octanol–water partition coefficient (Wildman–Crippen LogP) is -3.29. The number of aliphatic hydroxyl groups excluding tert-OH is 6. The van der Waals surface area contributed by atoms with Gasteiger partial charge in [0.05, 0.1) is 0 Å². The third-order valence-electron chi connectivity index (χ3n) is 2.14. The first-order valence-electron chi connectivity index (χ1n) is 9.31. The Balaban J connectivity index is -0.0000000581. The fraction of sp³-hybridized carbons (Fsp3) is 0.667. The van der Waals surface area contributed by atoms with Crippen LogP contribution in [0.15, 0.2) is 0 Å². The topological polar surface area (TPSA) is 345 Å². The molecule has 18 nitrogen and oxygen atoms in total. The van der Waals surface area contributed by atoms with Crippen molar-refractivity contribution in [1.82, 2.24) is 0 Å². The van der Waals surface area contributed by atoms with Crippen LogP contribution in [0.1, 0.15) is 41.5 Å². The number of hydrogen-bond acceptors (Lipinski definition) is 12. The average Bonchev–Trinajstić information content (AvgIpc) is 2.69. The minimum Gasteiger partial charge on any atom is -0.479 e. The smallest absolute Gasteiger partial charge is 0.332 e. The van der Waals surface area contributed by atoms with Crippen molar-refractivity contribution in [2.24, 2.45) is 0 Å². The molecule has 0 aliphatic heterocycles. The molecule has 12 N–H and O–H groups in total. The van der Waals surface area contributed by atoms with Crippen LogP contribution in [-0.4, -0.2) is 134 Å². The first kappa shape index (κ1) is 51.0. The number of aliphatic hydroxyl groups is 6. The van der Waals surface area contributed by atoms with E-state index in [4.69, 9.17) is 61.3 Å². The van der Waals surface area contributed by atoms with E-state index >= 15 is 0 Å². The van der Waals surface area contributed by atoms with Crippen LogP contribution in [0.25, 0.3) is 0 Å². The van der Waals surface area contributed by atoms with Crippen LogP contribution in [0.5, 0.6) is 0 Å². The minimum absolute atomic E-state index is 0. The van der Waals surface area contributed by atoms with Gasteiger partial charge in [-0.1, -0.05) is 0 Å². The first-order chi connectivity index (χ1) is 15.9. The standard InChI is InChI=1S/6C3H6O3.Mo/c6*1-2(4)3(5)6;/h6*2,4H,1H3,(H,5,6);/t6*2-;/m111111./s1. The normalized spacial score (nSPS) is 13.3. The van der Waals surface area contributed by atoms with Gasteiger partial charge in [-0.3, -0.25) is 0 Å². The fourth-order valence-corrected chi connectivity index (χ4v) is 0. The quantitative estimate of drug-likeness (QED) is 0.127. The summed E-state index contributed by atoms with van der Waals surface area (Å²) in [5.41, 5.74) is 0. The number of aliphatic carboxylic acids is 6. The SMILES string of the molecule is C[C@@H](O)C(=O)O.C[C@@H](O)C(=O)O.C[C@@H](O)C(=O)O.C[C@@H](O)C(=O)O.C[C@@H](O)C(=O)O.C[C@@H](O)C(=O)O.[Mo]. The van der Waals surface area contributed by atoms with Crippen molar-refractivity contribution in [3.8, 4) is 0 Å². The van der Waals surface area contributed by atoms with E-state index in [1.807, 2.05) is 0 Å². The van der Waals surface area contributed by atoms with Crippen molar-refractivity contribution >= 4 is 35.8 Å². The molecule has 0 bridgehead atoms. The van der Waals surface area contributed by atoms with Gasteiger partial charge in [0.2, 0.25) is 0 Å². The van der Waals surface area contributed by atoms with E-state index in [1.54, 1.807) is 0 Å². The second kappa shape index (κ2) is 31.3. The molecule has 0 saturated heterocycles. The van der Waals surface area contributed by atoms with Gasteiger partial charge in [-0.25, -0.2) is 28.8 Å². The van der Waals surface area contributed by atoms with Crippen molar-refractivity contribution in [3.05, 3.63) is 0 Å². The maximum absolute atomic E-state index is 9.45. The molecule has 0 amide bonds. The number of carbonyl (C=O) groups is 6. The molecular weight excluding hydrogens is 600 g/mol. The van der Waals surface area contributed by atoms with E-state index in [0.717, 1.165) is 0 Å². The third-order valence-corrected chi connectivity index (χ3v) is 2.14. The number of carboxylic acid groups (broad SMARTS) is 6. The van der Waals surface area contributed by atoms with Crippen molar-refractivity contribution in [1.29, 1.82) is 0 Å². The molecule has 222 valence electrons. The van der Waals surface area contributed by atoms with Gasteiger partial charge in [0, 0.05) is 21.1 Å². The molecule has 0 aromatic rings. The molecule has 0 fully saturated rings. The number of rotatable bonds is 6. The van der Waals surface area contributed by atoms with E-state index in [1.165, 1.54) is 41.5 Å². The summed E-state index contributed by atoms with van der Waals surface area (Å²) in [5.74, 6) is -7.11. The average molecular weight is 636 g/mol. The molecule has 0 aromatic heterocycles. The minimum atomic E-state index is -1.23. The summed E-state index contributed by atoms with van der Waals surface area (Å²) < 4.78 is 0. The van der Waals surface area contributed by atoms with Crippen molar-refractivity contribution < 1.29 is 111 Å². The third kappa shape index (κ3) is 71.9. The van der Waals surface area contributed by atoms with Gasteiger partial charge in [0.25, 0.3) is 0 Å². The van der Waals surface area contributed by atoms with Crippen LogP contribution in [0.2, 0.25) is 0 Å². The molecule has 0 heterocycles. The van der Waals surface area contributed by atoms with Gasteiger partial charge in [-0.15, -0.1) is 0 Å². The van der Waals surface area contributed by atoms with Crippen LogP contribution >= 0.6 is 0 Å². The number of hydrogen-bond donors (Lipinski definition) is 12. The second-order valence-electron chi connectivity index (χ2n) is 6.09. The van der Waals surface area contributed by atoms with Gasteiger partial charge >= 0.3 is 35.8 Å². The van der Waals surface area contributed by atoms with Crippen LogP contribution in [0, 0.1) is 0 Å². The molecule has 0 rings (SSSR count). The monoisotopic (exact) mass is 638 g/mol. The molecule has 0 aliphatic rings. The summed E-state index contributed by atoms with van der Waals surface area (Å²) in [6, 6.07) is 0. The summed E-state index contributed by atoms with van der Waals surface area (Å²) >= 11 is 0. The zero-order valence-corrected chi connectivity index (χ0v) is 22.7. The number of carboxylic acids is 6. The van der Waals surface area contributed by atoms with Gasteiger partial charge in [0.15, 0.2) is 0 Å². The molecule has 0 aliphatic carbocycles. The van der Waals surface area contributed by atoms with E-state index in [2.05, 4.69) is 0 Å². The Labute approximate surface area is 225 Å². The Morgan fingerprint density at radius 3 is 0.351 bits per heavy atom. The molecule has 19 heteroatoms. The molecular formula is C18H36MoO18. The van der Waals surface area contributed by atoms with Crippen LogP contribution in [0.4, 0.5) is 0 Å². The molecule has 0 aromatic carbocycles. The summed E-state index contributed by atoms with van der Waals surface area (Å²) in [6.07, 6.45) is -7.39. The Bertz CT molecular complexity index is 489. The van der Waals surface area contributed by atoms with Crippen molar-refractivity contribution in [2.75, 3.05) is 0 Å². The molecule has 37 heavy (non-hydrogen) atoms. The van der Waals surface area contributed by atoms with Crippen molar-refractivity contribution in [3.63, 3.8) is 0 Å².